The molecule has 0 atom stereocenters. The zero-order valence-electron chi connectivity index (χ0n) is 15.9. The second-order valence-corrected chi connectivity index (χ2v) is 8.37. The number of carboxylic acids is 1. The summed E-state index contributed by atoms with van der Waals surface area (Å²) in [5.74, 6) is -0.523. The monoisotopic (exact) mass is 443 g/mol. The first-order chi connectivity index (χ1) is 14.3. The fourth-order valence-electron chi connectivity index (χ4n) is 2.62. The Labute approximate surface area is 179 Å². The summed E-state index contributed by atoms with van der Waals surface area (Å²) in [5, 5.41) is 9.09. The Kier molecular flexibility index (Phi) is 6.44. The van der Waals surface area contributed by atoms with Crippen LogP contribution < -0.4 is 9.46 Å². The molecule has 0 amide bonds. The summed E-state index contributed by atoms with van der Waals surface area (Å²) in [6.07, 6.45) is 3.83. The number of hydrogen-bond donors (Lipinski definition) is 2. The quantitative estimate of drug-likeness (QED) is 0.500. The van der Waals surface area contributed by atoms with Gasteiger partial charge in [-0.15, -0.1) is 0 Å². The van der Waals surface area contributed by atoms with Crippen LogP contribution in [0.4, 0.5) is 5.69 Å². The van der Waals surface area contributed by atoms with E-state index in [4.69, 9.17) is 21.4 Å². The zero-order chi connectivity index (χ0) is 21.7. The first kappa shape index (κ1) is 21.4. The van der Waals surface area contributed by atoms with Crippen molar-refractivity contribution in [1.82, 2.24) is 0 Å². The molecular weight excluding hydrogens is 426 g/mol. The second kappa shape index (κ2) is 9.02. The van der Waals surface area contributed by atoms with Gasteiger partial charge in [0.2, 0.25) is 0 Å². The average molecular weight is 444 g/mol. The molecule has 0 unspecified atom stereocenters. The molecule has 0 saturated carbocycles. The molecule has 30 heavy (non-hydrogen) atoms. The van der Waals surface area contributed by atoms with E-state index in [1.165, 1.54) is 12.1 Å². The molecule has 2 N–H and O–H groups in total. The van der Waals surface area contributed by atoms with Crippen LogP contribution in [-0.4, -0.2) is 26.6 Å². The van der Waals surface area contributed by atoms with E-state index < -0.39 is 16.0 Å². The molecule has 0 aliphatic rings. The minimum absolute atomic E-state index is 0.0329. The number of aromatic carboxylic acids is 1. The van der Waals surface area contributed by atoms with Crippen molar-refractivity contribution in [3.8, 4) is 5.75 Å². The van der Waals surface area contributed by atoms with Crippen molar-refractivity contribution in [3.05, 3.63) is 88.4 Å². The fourth-order valence-corrected chi connectivity index (χ4v) is 3.90. The van der Waals surface area contributed by atoms with Crippen LogP contribution in [0.3, 0.4) is 0 Å². The highest BCUT2D eigenvalue weighted by molar-refractivity contribution is 7.92. The Morgan fingerprint density at radius 3 is 2.07 bits per heavy atom. The zero-order valence-corrected chi connectivity index (χ0v) is 17.4. The van der Waals surface area contributed by atoms with Crippen molar-refractivity contribution in [3.63, 3.8) is 0 Å². The predicted molar refractivity (Wildman–Crippen MR) is 118 cm³/mol. The van der Waals surface area contributed by atoms with Gasteiger partial charge in [0.1, 0.15) is 5.75 Å². The van der Waals surface area contributed by atoms with Crippen LogP contribution >= 0.6 is 11.6 Å². The maximum absolute atomic E-state index is 12.6. The Balaban J connectivity index is 1.73. The van der Waals surface area contributed by atoms with Crippen LogP contribution in [0.1, 0.15) is 21.5 Å². The standard InChI is InChI=1S/C22H18ClNO5S/c1-29-18-10-6-16(7-11-18)3-2-15-4-8-17(9-5-15)24-30(27,28)19-12-13-21(23)20(14-19)22(25)26/h2-14,24H,1H3,(H,25,26)/b3-2+. The SMILES string of the molecule is COc1ccc(/C=C/c2ccc(NS(=O)(=O)c3ccc(Cl)c(C(=O)O)c3)cc2)cc1. The number of carbonyl (C=O) groups is 1. The molecule has 0 bridgehead atoms. The van der Waals surface area contributed by atoms with E-state index in [1.54, 1.807) is 31.4 Å². The number of nitrogens with one attached hydrogen (secondary N) is 1. The van der Waals surface area contributed by atoms with E-state index in [-0.39, 0.29) is 15.5 Å². The molecule has 0 aliphatic heterocycles. The normalized spacial score (nSPS) is 11.4. The lowest BCUT2D eigenvalue weighted by Crippen LogP contribution is -2.14. The van der Waals surface area contributed by atoms with Gasteiger partial charge in [0, 0.05) is 5.69 Å². The summed E-state index contributed by atoms with van der Waals surface area (Å²) in [4.78, 5) is 11.0. The number of methoxy groups -OCH3 is 1. The van der Waals surface area contributed by atoms with Gasteiger partial charge in [-0.25, -0.2) is 13.2 Å². The van der Waals surface area contributed by atoms with Gasteiger partial charge in [-0.1, -0.05) is 48.0 Å². The van der Waals surface area contributed by atoms with Crippen LogP contribution in [0, 0.1) is 0 Å². The van der Waals surface area contributed by atoms with E-state index in [2.05, 4.69) is 4.72 Å². The molecule has 0 aliphatic carbocycles. The van der Waals surface area contributed by atoms with Crippen molar-refractivity contribution in [2.75, 3.05) is 11.8 Å². The van der Waals surface area contributed by atoms with E-state index in [0.29, 0.717) is 5.69 Å². The number of halogens is 1. The number of sulfonamides is 1. The summed E-state index contributed by atoms with van der Waals surface area (Å²) in [6.45, 7) is 0. The van der Waals surface area contributed by atoms with E-state index in [0.717, 1.165) is 22.9 Å². The Bertz CT molecular complexity index is 1190. The molecule has 3 rings (SSSR count). The third-order valence-electron chi connectivity index (χ3n) is 4.23. The van der Waals surface area contributed by atoms with E-state index in [9.17, 15) is 13.2 Å². The maximum atomic E-state index is 12.6. The van der Waals surface area contributed by atoms with Crippen molar-refractivity contribution in [1.29, 1.82) is 0 Å². The van der Waals surface area contributed by atoms with E-state index in [1.807, 2.05) is 36.4 Å². The van der Waals surface area contributed by atoms with Gasteiger partial charge < -0.3 is 9.84 Å². The van der Waals surface area contributed by atoms with Crippen LogP contribution in [-0.2, 0) is 10.0 Å². The topological polar surface area (TPSA) is 92.7 Å². The number of carboxylic acid groups (broad SMARTS) is 1. The molecule has 0 radical (unpaired) electrons. The fraction of sp³-hybridized carbons (Fsp3) is 0.0455. The van der Waals surface area contributed by atoms with Crippen LogP contribution in [0.15, 0.2) is 71.6 Å². The molecule has 6 nitrogen and oxygen atoms in total. The highest BCUT2D eigenvalue weighted by atomic mass is 35.5. The molecule has 0 saturated heterocycles. The predicted octanol–water partition coefficient (Wildman–Crippen LogP) is 5.02. The third-order valence-corrected chi connectivity index (χ3v) is 5.93. The first-order valence-electron chi connectivity index (χ1n) is 8.76. The largest absolute Gasteiger partial charge is 0.497 e. The molecule has 0 spiro atoms. The Morgan fingerprint density at radius 2 is 1.53 bits per heavy atom. The van der Waals surface area contributed by atoms with E-state index >= 15 is 0 Å². The summed E-state index contributed by atoms with van der Waals surface area (Å²) >= 11 is 5.80. The minimum atomic E-state index is -3.96. The van der Waals surface area contributed by atoms with Gasteiger partial charge in [-0.2, -0.15) is 0 Å². The molecule has 3 aromatic carbocycles. The first-order valence-corrected chi connectivity index (χ1v) is 10.6. The number of hydrogen-bond acceptors (Lipinski definition) is 4. The van der Waals surface area contributed by atoms with Gasteiger partial charge in [-0.3, -0.25) is 4.72 Å². The van der Waals surface area contributed by atoms with Crippen LogP contribution in [0.25, 0.3) is 12.2 Å². The summed E-state index contributed by atoms with van der Waals surface area (Å²) in [6, 6.07) is 17.9. The summed E-state index contributed by atoms with van der Waals surface area (Å²) in [7, 11) is -2.35. The lowest BCUT2D eigenvalue weighted by atomic mass is 10.1. The average Bonchev–Trinajstić information content (AvgIpc) is 2.73. The molecule has 3 aromatic rings. The molecule has 8 heteroatoms. The third kappa shape index (κ3) is 5.20. The van der Waals surface area contributed by atoms with Gasteiger partial charge >= 0.3 is 5.97 Å². The lowest BCUT2D eigenvalue weighted by Gasteiger charge is -2.09. The lowest BCUT2D eigenvalue weighted by molar-refractivity contribution is 0.0697. The molecule has 0 fully saturated rings. The van der Waals surface area contributed by atoms with Crippen LogP contribution in [0.2, 0.25) is 5.02 Å². The Morgan fingerprint density at radius 1 is 0.967 bits per heavy atom. The van der Waals surface area contributed by atoms with Gasteiger partial charge in [-0.05, 0) is 53.6 Å². The van der Waals surface area contributed by atoms with Gasteiger partial charge in [0.25, 0.3) is 10.0 Å². The Hall–Kier alpha value is -3.29. The highest BCUT2D eigenvalue weighted by Crippen LogP contribution is 2.23. The molecule has 154 valence electrons. The summed E-state index contributed by atoms with van der Waals surface area (Å²) in [5.41, 5.74) is 1.95. The number of ether oxygens (including phenoxy) is 1. The number of rotatable bonds is 7. The maximum Gasteiger partial charge on any atom is 0.337 e. The molecule has 0 heterocycles. The van der Waals surface area contributed by atoms with Crippen LogP contribution in [0.5, 0.6) is 5.75 Å². The van der Waals surface area contributed by atoms with Crippen molar-refractivity contribution >= 4 is 45.4 Å². The number of anilines is 1. The van der Waals surface area contributed by atoms with Crippen molar-refractivity contribution in [2.45, 2.75) is 4.90 Å². The second-order valence-electron chi connectivity index (χ2n) is 6.28. The smallest absolute Gasteiger partial charge is 0.337 e. The molecular formula is C22H18ClNO5S. The van der Waals surface area contributed by atoms with Gasteiger partial charge in [0.05, 0.1) is 22.6 Å². The molecule has 0 aromatic heterocycles. The number of benzene rings is 3. The van der Waals surface area contributed by atoms with Gasteiger partial charge in [0.15, 0.2) is 0 Å². The summed E-state index contributed by atoms with van der Waals surface area (Å²) < 4.78 is 32.7. The van der Waals surface area contributed by atoms with Crippen molar-refractivity contribution in [2.24, 2.45) is 0 Å². The van der Waals surface area contributed by atoms with Crippen molar-refractivity contribution < 1.29 is 23.1 Å². The minimum Gasteiger partial charge on any atom is -0.497 e. The highest BCUT2D eigenvalue weighted by Gasteiger charge is 2.18.